The zero-order valence-corrected chi connectivity index (χ0v) is 10.6. The maximum absolute atomic E-state index is 12.8. The fourth-order valence-corrected chi connectivity index (χ4v) is 1.25. The average Bonchev–Trinajstić information content (AvgIpc) is 2.32. The van der Waals surface area contributed by atoms with Crippen molar-refractivity contribution in [3.05, 3.63) is 35.6 Å². The van der Waals surface area contributed by atoms with E-state index in [1.54, 1.807) is 19.1 Å². The number of ether oxygens (including phenoxy) is 1. The summed E-state index contributed by atoms with van der Waals surface area (Å²) >= 11 is 0. The van der Waals surface area contributed by atoms with E-state index in [1.807, 2.05) is 13.8 Å². The van der Waals surface area contributed by atoms with Crippen LogP contribution in [-0.2, 0) is 9.53 Å². The predicted octanol–water partition coefficient (Wildman–Crippen LogP) is 2.80. The molecule has 0 saturated heterocycles. The normalized spacial score (nSPS) is 11.1. The molecule has 0 heterocycles. The molecule has 1 atom stereocenters. The second-order valence-corrected chi connectivity index (χ2v) is 3.17. The standard InChI is InChI=1S/C11H14FNO2.C2H6/c1-2-15-11(14)7-10(13)8-4-3-5-9(12)6-8;1-2/h3-6,10H,2,7,13H2,1H3;1-2H3/t10-;/m0./s1. The third-order valence-electron chi connectivity index (χ3n) is 1.97. The summed E-state index contributed by atoms with van der Waals surface area (Å²) in [6.45, 7) is 6.06. The summed E-state index contributed by atoms with van der Waals surface area (Å²) in [5.41, 5.74) is 6.33. The predicted molar refractivity (Wildman–Crippen MR) is 65.9 cm³/mol. The number of carbonyl (C=O) groups is 1. The van der Waals surface area contributed by atoms with Crippen LogP contribution in [-0.4, -0.2) is 12.6 Å². The lowest BCUT2D eigenvalue weighted by atomic mass is 10.1. The second-order valence-electron chi connectivity index (χ2n) is 3.17. The first-order chi connectivity index (χ1) is 8.13. The minimum absolute atomic E-state index is 0.0668. The van der Waals surface area contributed by atoms with Gasteiger partial charge in [0.1, 0.15) is 5.82 Å². The minimum atomic E-state index is -0.514. The number of halogens is 1. The van der Waals surface area contributed by atoms with Gasteiger partial charge in [0.2, 0.25) is 0 Å². The minimum Gasteiger partial charge on any atom is -0.466 e. The molecule has 3 nitrogen and oxygen atoms in total. The van der Waals surface area contributed by atoms with Gasteiger partial charge in [0.05, 0.1) is 13.0 Å². The fraction of sp³-hybridized carbons (Fsp3) is 0.462. The first kappa shape index (κ1) is 15.6. The van der Waals surface area contributed by atoms with E-state index in [9.17, 15) is 9.18 Å². The topological polar surface area (TPSA) is 52.3 Å². The van der Waals surface area contributed by atoms with Crippen molar-refractivity contribution in [1.82, 2.24) is 0 Å². The van der Waals surface area contributed by atoms with Crippen molar-refractivity contribution in [2.24, 2.45) is 5.73 Å². The molecule has 0 spiro atoms. The quantitative estimate of drug-likeness (QED) is 0.825. The molecule has 96 valence electrons. The number of hydrogen-bond acceptors (Lipinski definition) is 3. The lowest BCUT2D eigenvalue weighted by Gasteiger charge is -2.10. The molecular formula is C13H20FNO2. The summed E-state index contributed by atoms with van der Waals surface area (Å²) in [4.78, 5) is 11.1. The summed E-state index contributed by atoms with van der Waals surface area (Å²) in [6.07, 6.45) is 0.0668. The maximum Gasteiger partial charge on any atom is 0.307 e. The van der Waals surface area contributed by atoms with Crippen molar-refractivity contribution in [3.8, 4) is 0 Å². The molecule has 0 aliphatic carbocycles. The Morgan fingerprint density at radius 1 is 1.47 bits per heavy atom. The van der Waals surface area contributed by atoms with Crippen molar-refractivity contribution in [3.63, 3.8) is 0 Å². The number of hydrogen-bond donors (Lipinski definition) is 1. The van der Waals surface area contributed by atoms with E-state index in [0.29, 0.717) is 12.2 Å². The molecule has 0 fully saturated rings. The SMILES string of the molecule is CC.CCOC(=O)C[C@H](N)c1cccc(F)c1. The first-order valence-electron chi connectivity index (χ1n) is 5.80. The Morgan fingerprint density at radius 3 is 2.65 bits per heavy atom. The molecule has 4 heteroatoms. The Labute approximate surface area is 102 Å². The van der Waals surface area contributed by atoms with Crippen LogP contribution in [0.5, 0.6) is 0 Å². The number of benzene rings is 1. The highest BCUT2D eigenvalue weighted by molar-refractivity contribution is 5.70. The molecule has 0 amide bonds. The molecule has 2 N–H and O–H groups in total. The van der Waals surface area contributed by atoms with Crippen LogP contribution in [0.3, 0.4) is 0 Å². The molecule has 1 aromatic carbocycles. The van der Waals surface area contributed by atoms with E-state index in [-0.39, 0.29) is 18.2 Å². The number of carbonyl (C=O) groups excluding carboxylic acids is 1. The molecule has 0 aliphatic heterocycles. The van der Waals surface area contributed by atoms with Gasteiger partial charge in [0, 0.05) is 6.04 Å². The molecule has 0 radical (unpaired) electrons. The summed E-state index contributed by atoms with van der Waals surface area (Å²) < 4.78 is 17.6. The molecule has 1 aromatic rings. The third-order valence-corrected chi connectivity index (χ3v) is 1.97. The van der Waals surface area contributed by atoms with Gasteiger partial charge < -0.3 is 10.5 Å². The lowest BCUT2D eigenvalue weighted by Crippen LogP contribution is -2.17. The molecule has 17 heavy (non-hydrogen) atoms. The van der Waals surface area contributed by atoms with Crippen molar-refractivity contribution in [2.75, 3.05) is 6.61 Å². The van der Waals surface area contributed by atoms with Crippen LogP contribution >= 0.6 is 0 Å². The van der Waals surface area contributed by atoms with Gasteiger partial charge in [0.15, 0.2) is 0 Å². The summed E-state index contributed by atoms with van der Waals surface area (Å²) in [5, 5.41) is 0. The highest BCUT2D eigenvalue weighted by atomic mass is 19.1. The highest BCUT2D eigenvalue weighted by Gasteiger charge is 2.12. The van der Waals surface area contributed by atoms with Crippen LogP contribution in [0.4, 0.5) is 4.39 Å². The smallest absolute Gasteiger partial charge is 0.307 e. The summed E-state index contributed by atoms with van der Waals surface area (Å²) in [7, 11) is 0. The average molecular weight is 241 g/mol. The van der Waals surface area contributed by atoms with Gasteiger partial charge in [-0.3, -0.25) is 4.79 Å². The molecule has 0 aliphatic rings. The van der Waals surface area contributed by atoms with Gasteiger partial charge in [-0.15, -0.1) is 0 Å². The van der Waals surface area contributed by atoms with Crippen molar-refractivity contribution < 1.29 is 13.9 Å². The summed E-state index contributed by atoms with van der Waals surface area (Å²) in [6, 6.07) is 5.40. The zero-order valence-electron chi connectivity index (χ0n) is 10.6. The van der Waals surface area contributed by atoms with Crippen LogP contribution in [0.1, 0.15) is 38.8 Å². The van der Waals surface area contributed by atoms with Crippen LogP contribution in [0.25, 0.3) is 0 Å². The lowest BCUT2D eigenvalue weighted by molar-refractivity contribution is -0.143. The second kappa shape index (κ2) is 8.70. The Hall–Kier alpha value is -1.42. The number of esters is 1. The van der Waals surface area contributed by atoms with Crippen LogP contribution in [0.15, 0.2) is 24.3 Å². The van der Waals surface area contributed by atoms with Gasteiger partial charge in [-0.1, -0.05) is 26.0 Å². The van der Waals surface area contributed by atoms with Crippen LogP contribution < -0.4 is 5.73 Å². The Balaban J connectivity index is 0.00000121. The van der Waals surface area contributed by atoms with E-state index in [4.69, 9.17) is 10.5 Å². The Bertz CT molecular complexity index is 342. The Kier molecular flexibility index (Phi) is 7.97. The van der Waals surface area contributed by atoms with Crippen molar-refractivity contribution >= 4 is 5.97 Å². The summed E-state index contributed by atoms with van der Waals surface area (Å²) in [5.74, 6) is -0.721. The zero-order chi connectivity index (χ0) is 13.3. The molecule has 0 saturated carbocycles. The van der Waals surface area contributed by atoms with E-state index in [2.05, 4.69) is 0 Å². The van der Waals surface area contributed by atoms with Crippen LogP contribution in [0, 0.1) is 5.82 Å². The molecule has 0 aromatic heterocycles. The fourth-order valence-electron chi connectivity index (χ4n) is 1.25. The van der Waals surface area contributed by atoms with E-state index < -0.39 is 6.04 Å². The van der Waals surface area contributed by atoms with Gasteiger partial charge in [-0.25, -0.2) is 4.39 Å². The van der Waals surface area contributed by atoms with Crippen molar-refractivity contribution in [2.45, 2.75) is 33.2 Å². The maximum atomic E-state index is 12.8. The Morgan fingerprint density at radius 2 is 2.12 bits per heavy atom. The van der Waals surface area contributed by atoms with E-state index in [0.717, 1.165) is 0 Å². The van der Waals surface area contributed by atoms with Gasteiger partial charge >= 0.3 is 5.97 Å². The molecule has 0 unspecified atom stereocenters. The van der Waals surface area contributed by atoms with E-state index in [1.165, 1.54) is 12.1 Å². The van der Waals surface area contributed by atoms with Gasteiger partial charge in [0.25, 0.3) is 0 Å². The first-order valence-corrected chi connectivity index (χ1v) is 5.80. The third kappa shape index (κ3) is 6.02. The number of rotatable bonds is 4. The molecule has 1 rings (SSSR count). The largest absolute Gasteiger partial charge is 0.466 e. The molecule has 0 bridgehead atoms. The monoisotopic (exact) mass is 241 g/mol. The van der Waals surface area contributed by atoms with Gasteiger partial charge in [-0.2, -0.15) is 0 Å². The van der Waals surface area contributed by atoms with Gasteiger partial charge in [-0.05, 0) is 24.6 Å². The van der Waals surface area contributed by atoms with Crippen molar-refractivity contribution in [1.29, 1.82) is 0 Å². The van der Waals surface area contributed by atoms with E-state index >= 15 is 0 Å². The molecular weight excluding hydrogens is 221 g/mol. The number of nitrogens with two attached hydrogens (primary N) is 1. The highest BCUT2D eigenvalue weighted by Crippen LogP contribution is 2.15. The van der Waals surface area contributed by atoms with Crippen LogP contribution in [0.2, 0.25) is 0 Å².